The Kier molecular flexibility index (Phi) is 3.79. The second-order valence-electron chi connectivity index (χ2n) is 6.64. The van der Waals surface area contributed by atoms with E-state index in [0.29, 0.717) is 0 Å². The molecule has 2 heteroatoms. The molecule has 0 spiro atoms. The fraction of sp³-hybridized carbons (Fsp3) is 0.182. The summed E-state index contributed by atoms with van der Waals surface area (Å²) in [5, 5.41) is -0.306. The lowest BCUT2D eigenvalue weighted by molar-refractivity contribution is 0.367. The van der Waals surface area contributed by atoms with Crippen molar-refractivity contribution >= 4 is 8.15 Å². The summed E-state index contributed by atoms with van der Waals surface area (Å²) in [6.45, 7) is 4.42. The van der Waals surface area contributed by atoms with Crippen LogP contribution in [0.3, 0.4) is 0 Å². The van der Waals surface area contributed by atoms with Gasteiger partial charge in [0.1, 0.15) is 5.34 Å². The first kappa shape index (κ1) is 15.6. The highest BCUT2D eigenvalue weighted by molar-refractivity contribution is 7.62. The lowest BCUT2D eigenvalue weighted by atomic mass is 9.84. The minimum atomic E-state index is -0.670. The van der Waals surface area contributed by atoms with Gasteiger partial charge < -0.3 is 4.52 Å². The number of hydrogen-bond donors (Lipinski definition) is 0. The third-order valence-electron chi connectivity index (χ3n) is 4.65. The van der Waals surface area contributed by atoms with Crippen LogP contribution in [-0.2, 0) is 9.68 Å². The average Bonchev–Trinajstić information content (AvgIpc) is 3.27. The molecule has 1 atom stereocenters. The standard InChI is InChI=1S/C22H21OP/c1-21(2)23-24(21)22(18-12-6-3-7-13-18,19-14-8-4-9-15-19)20-16-10-5-11-17-20/h3-17H,1-2H3. The van der Waals surface area contributed by atoms with E-state index in [1.165, 1.54) is 16.7 Å². The molecule has 120 valence electrons. The van der Waals surface area contributed by atoms with E-state index in [2.05, 4.69) is 105 Å². The maximum atomic E-state index is 6.30. The molecule has 3 aromatic carbocycles. The Hall–Kier alpha value is -1.95. The zero-order valence-electron chi connectivity index (χ0n) is 14.0. The molecule has 4 rings (SSSR count). The molecular weight excluding hydrogens is 311 g/mol. The van der Waals surface area contributed by atoms with E-state index in [1.807, 2.05) is 0 Å². The minimum Gasteiger partial charge on any atom is -0.342 e. The lowest BCUT2D eigenvalue weighted by Crippen LogP contribution is -2.26. The van der Waals surface area contributed by atoms with E-state index in [0.717, 1.165) is 0 Å². The van der Waals surface area contributed by atoms with E-state index in [1.54, 1.807) is 0 Å². The van der Waals surface area contributed by atoms with E-state index in [-0.39, 0.29) is 10.5 Å². The van der Waals surface area contributed by atoms with E-state index in [4.69, 9.17) is 4.52 Å². The topological polar surface area (TPSA) is 12.5 Å². The van der Waals surface area contributed by atoms with E-state index >= 15 is 0 Å². The predicted molar refractivity (Wildman–Crippen MR) is 101 cm³/mol. The van der Waals surface area contributed by atoms with Crippen molar-refractivity contribution in [3.8, 4) is 0 Å². The molecule has 1 unspecified atom stereocenters. The molecule has 0 aromatic heterocycles. The van der Waals surface area contributed by atoms with Gasteiger partial charge in [0, 0.05) is 0 Å². The Morgan fingerprint density at radius 1 is 0.625 bits per heavy atom. The van der Waals surface area contributed by atoms with Crippen molar-refractivity contribution in [2.45, 2.75) is 24.3 Å². The molecule has 0 bridgehead atoms. The number of rotatable bonds is 4. The van der Waals surface area contributed by atoms with Gasteiger partial charge in [-0.1, -0.05) is 91.0 Å². The Bertz CT molecular complexity index is 716. The van der Waals surface area contributed by atoms with Gasteiger partial charge in [-0.25, -0.2) is 0 Å². The third kappa shape index (κ3) is 2.40. The molecule has 1 aliphatic heterocycles. The van der Waals surface area contributed by atoms with Gasteiger partial charge in [-0.2, -0.15) is 0 Å². The van der Waals surface area contributed by atoms with E-state index in [9.17, 15) is 0 Å². The van der Waals surface area contributed by atoms with Crippen LogP contribution in [0.1, 0.15) is 30.5 Å². The zero-order chi connectivity index (χ0) is 16.6. The van der Waals surface area contributed by atoms with Gasteiger partial charge in [-0.05, 0) is 30.5 Å². The van der Waals surface area contributed by atoms with Gasteiger partial charge in [-0.3, -0.25) is 0 Å². The molecule has 0 N–H and O–H groups in total. The molecule has 24 heavy (non-hydrogen) atoms. The van der Waals surface area contributed by atoms with Crippen LogP contribution in [0, 0.1) is 0 Å². The van der Waals surface area contributed by atoms with Crippen molar-refractivity contribution in [2.24, 2.45) is 0 Å². The fourth-order valence-corrected chi connectivity index (χ4v) is 6.19. The Morgan fingerprint density at radius 3 is 1.17 bits per heavy atom. The third-order valence-corrected chi connectivity index (χ3v) is 7.58. The smallest absolute Gasteiger partial charge is 0.112 e. The predicted octanol–water partition coefficient (Wildman–Crippen LogP) is 6.14. The largest absolute Gasteiger partial charge is 0.342 e. The first-order valence-electron chi connectivity index (χ1n) is 8.32. The monoisotopic (exact) mass is 332 g/mol. The van der Waals surface area contributed by atoms with Crippen LogP contribution >= 0.6 is 8.15 Å². The molecule has 0 aliphatic carbocycles. The Morgan fingerprint density at radius 2 is 0.917 bits per heavy atom. The maximum Gasteiger partial charge on any atom is 0.112 e. The van der Waals surface area contributed by atoms with Crippen molar-refractivity contribution in [2.75, 3.05) is 0 Å². The normalized spacial score (nSPS) is 19.0. The molecule has 1 fully saturated rings. The van der Waals surface area contributed by atoms with Crippen LogP contribution in [-0.4, -0.2) is 5.34 Å². The van der Waals surface area contributed by atoms with Crippen molar-refractivity contribution in [3.63, 3.8) is 0 Å². The summed E-state index contributed by atoms with van der Waals surface area (Å²) in [5.41, 5.74) is 3.91. The highest BCUT2D eigenvalue weighted by atomic mass is 31.2. The summed E-state index contributed by atoms with van der Waals surface area (Å²) in [4.78, 5) is 0. The molecule has 0 saturated carbocycles. The van der Waals surface area contributed by atoms with Crippen LogP contribution in [0.4, 0.5) is 0 Å². The Balaban J connectivity index is 2.04. The van der Waals surface area contributed by atoms with Gasteiger partial charge in [0.25, 0.3) is 0 Å². The zero-order valence-corrected chi connectivity index (χ0v) is 14.9. The first-order valence-corrected chi connectivity index (χ1v) is 9.58. The summed E-state index contributed by atoms with van der Waals surface area (Å²) >= 11 is 0. The summed E-state index contributed by atoms with van der Waals surface area (Å²) in [6, 6.07) is 32.4. The maximum absolute atomic E-state index is 6.30. The highest BCUT2D eigenvalue weighted by Crippen LogP contribution is 2.82. The molecule has 1 heterocycles. The van der Waals surface area contributed by atoms with Crippen molar-refractivity contribution in [1.29, 1.82) is 0 Å². The number of benzene rings is 3. The Labute approximate surface area is 145 Å². The molecule has 1 aliphatic rings. The van der Waals surface area contributed by atoms with Gasteiger partial charge in [0.2, 0.25) is 0 Å². The molecule has 0 amide bonds. The van der Waals surface area contributed by atoms with Crippen LogP contribution in [0.25, 0.3) is 0 Å². The highest BCUT2D eigenvalue weighted by Gasteiger charge is 2.62. The molecular formula is C22H21OP. The minimum absolute atomic E-state index is 0.0726. The summed E-state index contributed by atoms with van der Waals surface area (Å²) in [6.07, 6.45) is 0. The summed E-state index contributed by atoms with van der Waals surface area (Å²) in [7, 11) is -0.670. The lowest BCUT2D eigenvalue weighted by Gasteiger charge is -2.35. The van der Waals surface area contributed by atoms with Gasteiger partial charge in [0.05, 0.1) is 13.3 Å². The average molecular weight is 332 g/mol. The molecule has 1 nitrogen and oxygen atoms in total. The van der Waals surface area contributed by atoms with Gasteiger partial charge in [-0.15, -0.1) is 0 Å². The van der Waals surface area contributed by atoms with Crippen LogP contribution in [0.2, 0.25) is 0 Å². The second-order valence-corrected chi connectivity index (χ2v) is 9.16. The van der Waals surface area contributed by atoms with Crippen molar-refractivity contribution in [1.82, 2.24) is 0 Å². The van der Waals surface area contributed by atoms with Crippen LogP contribution < -0.4 is 0 Å². The fourth-order valence-electron chi connectivity index (χ4n) is 3.57. The molecule has 3 aromatic rings. The SMILES string of the molecule is CC1(C)OP1C(c1ccccc1)(c1ccccc1)c1ccccc1. The van der Waals surface area contributed by atoms with Crippen LogP contribution in [0.15, 0.2) is 91.0 Å². The summed E-state index contributed by atoms with van der Waals surface area (Å²) in [5.74, 6) is 0. The van der Waals surface area contributed by atoms with E-state index < -0.39 is 8.15 Å². The summed E-state index contributed by atoms with van der Waals surface area (Å²) < 4.78 is 6.30. The number of hydrogen-bond acceptors (Lipinski definition) is 1. The molecule has 1 saturated heterocycles. The van der Waals surface area contributed by atoms with Crippen molar-refractivity contribution in [3.05, 3.63) is 108 Å². The van der Waals surface area contributed by atoms with Gasteiger partial charge >= 0.3 is 0 Å². The molecule has 0 radical (unpaired) electrons. The quantitative estimate of drug-likeness (QED) is 0.317. The van der Waals surface area contributed by atoms with Crippen molar-refractivity contribution < 1.29 is 4.52 Å². The van der Waals surface area contributed by atoms with Crippen LogP contribution in [0.5, 0.6) is 0 Å². The first-order chi connectivity index (χ1) is 11.7. The second kappa shape index (κ2) is 5.84. The van der Waals surface area contributed by atoms with Gasteiger partial charge in [0.15, 0.2) is 0 Å².